The molecule has 1 fully saturated rings. The van der Waals surface area contributed by atoms with Gasteiger partial charge in [-0.1, -0.05) is 24.3 Å². The van der Waals surface area contributed by atoms with Crippen molar-refractivity contribution >= 4 is 50.2 Å². The van der Waals surface area contributed by atoms with Crippen LogP contribution in [0.25, 0.3) is 10.9 Å². The number of carbonyl (C=O) groups excluding carboxylic acids is 3. The number of ketones is 1. The summed E-state index contributed by atoms with van der Waals surface area (Å²) in [7, 11) is -2.52. The first kappa shape index (κ1) is 26.8. The number of nitrogens with zero attached hydrogens (tertiary/aromatic N) is 5. The van der Waals surface area contributed by atoms with Crippen LogP contribution in [0.1, 0.15) is 20.7 Å². The summed E-state index contributed by atoms with van der Waals surface area (Å²) in [6.07, 6.45) is 5.10. The Balaban J connectivity index is 1.43. The molecule has 12 nitrogen and oxygen atoms in total. The molecule has 0 atom stereocenters. The molecule has 0 radical (unpaired) electrons. The lowest BCUT2D eigenvalue weighted by Crippen LogP contribution is -2.52. The van der Waals surface area contributed by atoms with Gasteiger partial charge in [-0.3, -0.25) is 14.4 Å². The van der Waals surface area contributed by atoms with Crippen molar-refractivity contribution in [3.05, 3.63) is 78.2 Å². The van der Waals surface area contributed by atoms with Gasteiger partial charge in [0.25, 0.3) is 17.6 Å². The van der Waals surface area contributed by atoms with E-state index in [1.807, 2.05) is 6.07 Å². The summed E-state index contributed by atoms with van der Waals surface area (Å²) in [6.45, 7) is 0.949. The smallest absolute Gasteiger partial charge is 0.295 e. The standard InChI is InChI=1S/C27H26N6O6S/c1-39-20-17-30-25(33(40(2,37)38)21-10-6-7-11-28-21)23-22(20)19(16-29-23)24(34)27(36)32-14-12-31(13-15-32)26(35)18-8-4-3-5-9-18/h3-11,16-17,29H,12-15H2,1-2H3. The molecule has 5 rings (SSSR count). The van der Waals surface area contributed by atoms with E-state index in [1.165, 1.54) is 36.7 Å². The number of hydrogen-bond acceptors (Lipinski definition) is 8. The minimum atomic E-state index is -3.90. The quantitative estimate of drug-likeness (QED) is 0.267. The van der Waals surface area contributed by atoms with Crippen LogP contribution in [0.2, 0.25) is 0 Å². The van der Waals surface area contributed by atoms with E-state index in [0.717, 1.165) is 10.6 Å². The van der Waals surface area contributed by atoms with E-state index in [0.29, 0.717) is 5.56 Å². The number of hydrogen-bond donors (Lipinski definition) is 1. The summed E-state index contributed by atoms with van der Waals surface area (Å²) in [4.78, 5) is 53.9. The van der Waals surface area contributed by atoms with E-state index in [4.69, 9.17) is 4.74 Å². The van der Waals surface area contributed by atoms with Gasteiger partial charge in [-0.2, -0.15) is 0 Å². The normalized spacial score (nSPS) is 13.8. The number of amides is 2. The van der Waals surface area contributed by atoms with Gasteiger partial charge in [-0.15, -0.1) is 0 Å². The molecule has 13 heteroatoms. The van der Waals surface area contributed by atoms with Crippen molar-refractivity contribution in [1.82, 2.24) is 24.8 Å². The van der Waals surface area contributed by atoms with Crippen molar-refractivity contribution in [1.29, 1.82) is 0 Å². The number of pyridine rings is 2. The molecule has 0 spiro atoms. The number of fused-ring (bicyclic) bond motifs is 1. The fourth-order valence-electron chi connectivity index (χ4n) is 4.64. The van der Waals surface area contributed by atoms with Gasteiger partial charge < -0.3 is 19.5 Å². The fourth-order valence-corrected chi connectivity index (χ4v) is 5.54. The SMILES string of the molecule is COc1cnc(N(c2ccccn2)S(C)(=O)=O)c2[nH]cc(C(=O)C(=O)N3CCN(C(=O)c4ccccc4)CC3)c12. The highest BCUT2D eigenvalue weighted by Crippen LogP contribution is 2.37. The number of aromatic nitrogens is 3. The number of piperazine rings is 1. The van der Waals surface area contributed by atoms with Crippen molar-refractivity contribution in [2.75, 3.05) is 43.8 Å². The highest BCUT2D eigenvalue weighted by Gasteiger charge is 2.33. The molecule has 1 aromatic carbocycles. The molecule has 1 saturated heterocycles. The van der Waals surface area contributed by atoms with Gasteiger partial charge in [0.1, 0.15) is 11.6 Å². The number of Topliss-reactive ketones (excluding diaryl/α,β-unsaturated/α-hetero) is 1. The minimum absolute atomic E-state index is 0.0118. The number of sulfonamides is 1. The number of nitrogens with one attached hydrogen (secondary N) is 1. The van der Waals surface area contributed by atoms with Crippen molar-refractivity contribution in [3.8, 4) is 5.75 Å². The van der Waals surface area contributed by atoms with Crippen LogP contribution in [0, 0.1) is 0 Å². The molecular weight excluding hydrogens is 536 g/mol. The zero-order valence-corrected chi connectivity index (χ0v) is 22.6. The molecule has 2 amide bonds. The molecule has 1 aliphatic heterocycles. The van der Waals surface area contributed by atoms with Crippen LogP contribution in [-0.2, 0) is 14.8 Å². The third-order valence-electron chi connectivity index (χ3n) is 6.57. The lowest BCUT2D eigenvalue weighted by molar-refractivity contribution is -0.127. The lowest BCUT2D eigenvalue weighted by Gasteiger charge is -2.34. The Bertz CT molecular complexity index is 1680. The first-order valence-corrected chi connectivity index (χ1v) is 14.2. The second-order valence-electron chi connectivity index (χ2n) is 9.10. The Morgan fingerprint density at radius 1 is 0.950 bits per heavy atom. The van der Waals surface area contributed by atoms with Gasteiger partial charge in [0.15, 0.2) is 5.82 Å². The lowest BCUT2D eigenvalue weighted by atomic mass is 10.1. The summed E-state index contributed by atoms with van der Waals surface area (Å²) >= 11 is 0. The van der Waals surface area contributed by atoms with E-state index in [2.05, 4.69) is 15.0 Å². The predicted octanol–water partition coefficient (Wildman–Crippen LogP) is 2.23. The Kier molecular flexibility index (Phi) is 7.22. The van der Waals surface area contributed by atoms with E-state index < -0.39 is 21.7 Å². The second-order valence-corrected chi connectivity index (χ2v) is 10.9. The van der Waals surface area contributed by atoms with E-state index in [1.54, 1.807) is 41.3 Å². The molecule has 0 unspecified atom stereocenters. The maximum absolute atomic E-state index is 13.5. The summed E-state index contributed by atoms with van der Waals surface area (Å²) in [6, 6.07) is 13.7. The minimum Gasteiger partial charge on any atom is -0.494 e. The first-order chi connectivity index (χ1) is 19.2. The Labute approximate surface area is 230 Å². The monoisotopic (exact) mass is 562 g/mol. The molecule has 1 N–H and O–H groups in total. The van der Waals surface area contributed by atoms with Gasteiger partial charge in [-0.25, -0.2) is 22.7 Å². The molecule has 3 aromatic heterocycles. The number of benzene rings is 1. The number of carbonyl (C=O) groups is 3. The van der Waals surface area contributed by atoms with Crippen molar-refractivity contribution < 1.29 is 27.5 Å². The number of H-pyrrole nitrogens is 1. The molecule has 0 bridgehead atoms. The molecular formula is C27H26N6O6S. The zero-order valence-electron chi connectivity index (χ0n) is 21.8. The topological polar surface area (TPSA) is 146 Å². The predicted molar refractivity (Wildman–Crippen MR) is 147 cm³/mol. The van der Waals surface area contributed by atoms with Crippen LogP contribution in [0.4, 0.5) is 11.6 Å². The third-order valence-corrected chi connectivity index (χ3v) is 7.59. The summed E-state index contributed by atoms with van der Waals surface area (Å²) in [5.41, 5.74) is 0.755. The number of anilines is 2. The Morgan fingerprint density at radius 3 is 2.25 bits per heavy atom. The summed E-state index contributed by atoms with van der Waals surface area (Å²) in [5, 5.41) is 0.216. The number of rotatable bonds is 7. The molecule has 4 heterocycles. The van der Waals surface area contributed by atoms with Crippen molar-refractivity contribution in [2.45, 2.75) is 0 Å². The maximum Gasteiger partial charge on any atom is 0.295 e. The average molecular weight is 563 g/mol. The third kappa shape index (κ3) is 4.98. The van der Waals surface area contributed by atoms with Gasteiger partial charge in [0, 0.05) is 44.1 Å². The fraction of sp³-hybridized carbons (Fsp3) is 0.222. The summed E-state index contributed by atoms with van der Waals surface area (Å²) < 4.78 is 32.0. The molecule has 4 aromatic rings. The maximum atomic E-state index is 13.5. The van der Waals surface area contributed by atoms with Gasteiger partial charge in [-0.05, 0) is 24.3 Å². The molecule has 0 saturated carbocycles. The Hall–Kier alpha value is -4.78. The van der Waals surface area contributed by atoms with Crippen molar-refractivity contribution in [3.63, 3.8) is 0 Å². The first-order valence-electron chi connectivity index (χ1n) is 12.3. The van der Waals surface area contributed by atoms with Gasteiger partial charge in [0.2, 0.25) is 10.0 Å². The van der Waals surface area contributed by atoms with Crippen LogP contribution in [0.15, 0.2) is 67.1 Å². The molecule has 40 heavy (non-hydrogen) atoms. The number of methoxy groups -OCH3 is 1. The van der Waals surface area contributed by atoms with Gasteiger partial charge >= 0.3 is 0 Å². The van der Waals surface area contributed by atoms with Crippen molar-refractivity contribution in [2.24, 2.45) is 0 Å². The number of ether oxygens (including phenoxy) is 1. The number of aromatic amines is 1. The van der Waals surface area contributed by atoms with Crippen LogP contribution in [0.3, 0.4) is 0 Å². The van der Waals surface area contributed by atoms with E-state index in [9.17, 15) is 22.8 Å². The second kappa shape index (κ2) is 10.8. The van der Waals surface area contributed by atoms with E-state index in [-0.39, 0.29) is 65.9 Å². The molecule has 0 aliphatic carbocycles. The molecule has 206 valence electrons. The van der Waals surface area contributed by atoms with E-state index >= 15 is 0 Å². The molecule has 1 aliphatic rings. The Morgan fingerprint density at radius 2 is 1.62 bits per heavy atom. The average Bonchev–Trinajstić information content (AvgIpc) is 3.42. The summed E-state index contributed by atoms with van der Waals surface area (Å²) in [5.74, 6) is -1.42. The largest absolute Gasteiger partial charge is 0.494 e. The van der Waals surface area contributed by atoms with Crippen LogP contribution in [-0.4, -0.2) is 90.3 Å². The highest BCUT2D eigenvalue weighted by molar-refractivity contribution is 7.92. The van der Waals surface area contributed by atoms with Gasteiger partial charge in [0.05, 0.1) is 36.0 Å². The highest BCUT2D eigenvalue weighted by atomic mass is 32.2. The van der Waals surface area contributed by atoms with Crippen LogP contribution >= 0.6 is 0 Å². The van der Waals surface area contributed by atoms with Crippen LogP contribution < -0.4 is 9.04 Å². The van der Waals surface area contributed by atoms with Crippen LogP contribution in [0.5, 0.6) is 5.75 Å². The zero-order chi connectivity index (χ0) is 28.4.